The fourth-order valence-corrected chi connectivity index (χ4v) is 2.07. The van der Waals surface area contributed by atoms with Crippen LogP contribution in [0.15, 0.2) is 24.3 Å². The van der Waals surface area contributed by atoms with Crippen LogP contribution >= 0.6 is 0 Å². The predicted octanol–water partition coefficient (Wildman–Crippen LogP) is 3.54. The van der Waals surface area contributed by atoms with Gasteiger partial charge in [0, 0.05) is 25.2 Å². The molecule has 0 heterocycles. The van der Waals surface area contributed by atoms with E-state index in [0.29, 0.717) is 12.1 Å². The third-order valence-electron chi connectivity index (χ3n) is 3.85. The number of nitrogens with one attached hydrogen (secondary N) is 1. The van der Waals surface area contributed by atoms with Crippen LogP contribution in [0.1, 0.15) is 32.8 Å². The van der Waals surface area contributed by atoms with Crippen molar-refractivity contribution >= 4 is 0 Å². The van der Waals surface area contributed by atoms with Crippen molar-refractivity contribution in [2.45, 2.75) is 52.3 Å². The molecule has 0 aliphatic heterocycles. The molecule has 22 heavy (non-hydrogen) atoms. The summed E-state index contributed by atoms with van der Waals surface area (Å²) < 4.78 is 28.5. The average molecular weight is 314 g/mol. The normalized spacial score (nSPS) is 13.1. The Morgan fingerprint density at radius 2 is 1.77 bits per heavy atom. The molecular formula is C17H28F2N2O. The van der Waals surface area contributed by atoms with E-state index >= 15 is 0 Å². The summed E-state index contributed by atoms with van der Waals surface area (Å²) in [5, 5.41) is 3.51. The second-order valence-corrected chi connectivity index (χ2v) is 5.99. The van der Waals surface area contributed by atoms with Crippen LogP contribution in [0.3, 0.4) is 0 Å². The molecule has 1 rings (SSSR count). The molecule has 1 atom stereocenters. The molecule has 0 amide bonds. The van der Waals surface area contributed by atoms with Crippen molar-refractivity contribution in [1.29, 1.82) is 0 Å². The SMILES string of the molecule is CC(CCc1ccc(OC(F)F)cc1)NCCN(C)C(C)C. The highest BCUT2D eigenvalue weighted by molar-refractivity contribution is 5.27. The summed E-state index contributed by atoms with van der Waals surface area (Å²) in [6.07, 6.45) is 1.93. The van der Waals surface area contributed by atoms with Crippen molar-refractivity contribution in [3.8, 4) is 5.75 Å². The molecule has 1 unspecified atom stereocenters. The van der Waals surface area contributed by atoms with Gasteiger partial charge in [0.05, 0.1) is 0 Å². The maximum atomic E-state index is 12.1. The Kier molecular flexibility index (Phi) is 8.35. The van der Waals surface area contributed by atoms with Crippen molar-refractivity contribution in [2.75, 3.05) is 20.1 Å². The molecule has 126 valence electrons. The molecule has 0 spiro atoms. The lowest BCUT2D eigenvalue weighted by Gasteiger charge is -2.22. The van der Waals surface area contributed by atoms with Crippen LogP contribution in [0.4, 0.5) is 8.78 Å². The van der Waals surface area contributed by atoms with E-state index in [9.17, 15) is 8.78 Å². The number of hydrogen-bond donors (Lipinski definition) is 1. The van der Waals surface area contributed by atoms with Crippen molar-refractivity contribution < 1.29 is 13.5 Å². The Labute approximate surface area is 132 Å². The van der Waals surface area contributed by atoms with Gasteiger partial charge < -0.3 is 15.0 Å². The quantitative estimate of drug-likeness (QED) is 0.715. The Morgan fingerprint density at radius 3 is 2.32 bits per heavy atom. The van der Waals surface area contributed by atoms with Crippen LogP contribution in [0, 0.1) is 0 Å². The van der Waals surface area contributed by atoms with Gasteiger partial charge in [0.25, 0.3) is 0 Å². The maximum Gasteiger partial charge on any atom is 0.387 e. The summed E-state index contributed by atoms with van der Waals surface area (Å²) in [5.41, 5.74) is 1.13. The van der Waals surface area contributed by atoms with E-state index in [-0.39, 0.29) is 5.75 Å². The summed E-state index contributed by atoms with van der Waals surface area (Å²) in [5.74, 6) is 0.210. The predicted molar refractivity (Wildman–Crippen MR) is 86.6 cm³/mol. The lowest BCUT2D eigenvalue weighted by Crippen LogP contribution is -2.37. The highest BCUT2D eigenvalue weighted by atomic mass is 19.3. The third kappa shape index (κ3) is 7.71. The summed E-state index contributed by atoms with van der Waals surface area (Å²) in [6.45, 7) is 5.77. The van der Waals surface area contributed by atoms with Crippen molar-refractivity contribution in [3.05, 3.63) is 29.8 Å². The number of rotatable bonds is 10. The maximum absolute atomic E-state index is 12.1. The van der Waals surface area contributed by atoms with Gasteiger partial charge in [0.1, 0.15) is 5.75 Å². The van der Waals surface area contributed by atoms with Gasteiger partial charge in [-0.05, 0) is 58.4 Å². The molecule has 1 aromatic rings. The van der Waals surface area contributed by atoms with E-state index in [1.165, 1.54) is 0 Å². The molecule has 0 aliphatic rings. The van der Waals surface area contributed by atoms with E-state index in [0.717, 1.165) is 31.5 Å². The highest BCUT2D eigenvalue weighted by Crippen LogP contribution is 2.16. The van der Waals surface area contributed by atoms with Crippen molar-refractivity contribution in [3.63, 3.8) is 0 Å². The Hall–Kier alpha value is -1.20. The Morgan fingerprint density at radius 1 is 1.14 bits per heavy atom. The van der Waals surface area contributed by atoms with Crippen LogP contribution in [0.25, 0.3) is 0 Å². The van der Waals surface area contributed by atoms with Gasteiger partial charge in [-0.15, -0.1) is 0 Å². The zero-order valence-electron chi connectivity index (χ0n) is 14.0. The molecular weight excluding hydrogens is 286 g/mol. The molecule has 0 bridgehead atoms. The Balaban J connectivity index is 2.24. The summed E-state index contributed by atoms with van der Waals surface area (Å²) in [6, 6.07) is 7.87. The third-order valence-corrected chi connectivity index (χ3v) is 3.85. The molecule has 1 aromatic carbocycles. The van der Waals surface area contributed by atoms with Crippen molar-refractivity contribution in [2.24, 2.45) is 0 Å². The van der Waals surface area contributed by atoms with E-state index in [1.807, 2.05) is 12.1 Å². The molecule has 5 heteroatoms. The number of likely N-dealkylation sites (N-methyl/N-ethyl adjacent to an activating group) is 1. The van der Waals surface area contributed by atoms with E-state index in [2.05, 4.69) is 42.8 Å². The number of halogens is 2. The summed E-state index contributed by atoms with van der Waals surface area (Å²) in [4.78, 5) is 2.31. The van der Waals surface area contributed by atoms with Gasteiger partial charge in [0.15, 0.2) is 0 Å². The first kappa shape index (κ1) is 18.8. The number of alkyl halides is 2. The van der Waals surface area contributed by atoms with Gasteiger partial charge in [0.2, 0.25) is 0 Å². The second kappa shape index (κ2) is 9.74. The zero-order chi connectivity index (χ0) is 16.5. The molecule has 0 aromatic heterocycles. The zero-order valence-corrected chi connectivity index (χ0v) is 14.0. The van der Waals surface area contributed by atoms with E-state index < -0.39 is 6.61 Å². The minimum absolute atomic E-state index is 0.210. The van der Waals surface area contributed by atoms with Crippen LogP contribution in [-0.2, 0) is 6.42 Å². The van der Waals surface area contributed by atoms with E-state index in [1.54, 1.807) is 12.1 Å². The Bertz CT molecular complexity index is 410. The minimum atomic E-state index is -2.76. The topological polar surface area (TPSA) is 24.5 Å². The van der Waals surface area contributed by atoms with E-state index in [4.69, 9.17) is 0 Å². The van der Waals surface area contributed by atoms with Gasteiger partial charge in [-0.2, -0.15) is 8.78 Å². The number of nitrogens with zero attached hydrogens (tertiary/aromatic N) is 1. The lowest BCUT2D eigenvalue weighted by atomic mass is 10.1. The molecule has 3 nitrogen and oxygen atoms in total. The fourth-order valence-electron chi connectivity index (χ4n) is 2.07. The first-order valence-corrected chi connectivity index (χ1v) is 7.86. The lowest BCUT2D eigenvalue weighted by molar-refractivity contribution is -0.0498. The monoisotopic (exact) mass is 314 g/mol. The smallest absolute Gasteiger partial charge is 0.387 e. The number of ether oxygens (including phenoxy) is 1. The second-order valence-electron chi connectivity index (χ2n) is 5.99. The van der Waals surface area contributed by atoms with Gasteiger partial charge in [-0.1, -0.05) is 12.1 Å². The largest absolute Gasteiger partial charge is 0.435 e. The summed E-state index contributed by atoms with van der Waals surface area (Å²) >= 11 is 0. The number of benzene rings is 1. The number of aryl methyl sites for hydroxylation is 1. The van der Waals surface area contributed by atoms with Gasteiger partial charge in [-0.25, -0.2) is 0 Å². The molecule has 0 fully saturated rings. The molecule has 1 N–H and O–H groups in total. The molecule has 0 radical (unpaired) electrons. The molecule has 0 aliphatic carbocycles. The first-order chi connectivity index (χ1) is 10.4. The van der Waals surface area contributed by atoms with Crippen LogP contribution in [-0.4, -0.2) is 43.7 Å². The fraction of sp³-hybridized carbons (Fsp3) is 0.647. The van der Waals surface area contributed by atoms with Gasteiger partial charge >= 0.3 is 6.61 Å². The minimum Gasteiger partial charge on any atom is -0.435 e. The van der Waals surface area contributed by atoms with Crippen LogP contribution < -0.4 is 10.1 Å². The van der Waals surface area contributed by atoms with Crippen LogP contribution in [0.5, 0.6) is 5.75 Å². The van der Waals surface area contributed by atoms with Crippen LogP contribution in [0.2, 0.25) is 0 Å². The standard InChI is InChI=1S/C17H28F2N2O/c1-13(2)21(4)12-11-20-14(3)5-6-15-7-9-16(10-8-15)22-17(18)19/h7-10,13-14,17,20H,5-6,11-12H2,1-4H3. The number of hydrogen-bond acceptors (Lipinski definition) is 3. The van der Waals surface area contributed by atoms with Crippen molar-refractivity contribution in [1.82, 2.24) is 10.2 Å². The molecule has 0 saturated carbocycles. The highest BCUT2D eigenvalue weighted by Gasteiger charge is 2.06. The molecule has 0 saturated heterocycles. The first-order valence-electron chi connectivity index (χ1n) is 7.86. The average Bonchev–Trinajstić information content (AvgIpc) is 2.45. The summed E-state index contributed by atoms with van der Waals surface area (Å²) in [7, 11) is 2.13. The van der Waals surface area contributed by atoms with Gasteiger partial charge in [-0.3, -0.25) is 0 Å².